The number of ketones is 1. The second-order valence-corrected chi connectivity index (χ2v) is 9.76. The normalized spacial score (nSPS) is 11.0. The Bertz CT molecular complexity index is 1480. The van der Waals surface area contributed by atoms with Crippen LogP contribution in [-0.2, 0) is 4.79 Å². The van der Waals surface area contributed by atoms with Gasteiger partial charge in [0.25, 0.3) is 11.8 Å². The van der Waals surface area contributed by atoms with Crippen LogP contribution in [0, 0.1) is 6.92 Å². The maximum atomic E-state index is 13.2. The Kier molecular flexibility index (Phi) is 9.32. The van der Waals surface area contributed by atoms with Gasteiger partial charge in [-0.05, 0) is 67.1 Å². The first-order chi connectivity index (χ1) is 18.9. The number of benzene rings is 4. The number of amides is 2. The van der Waals surface area contributed by atoms with Gasteiger partial charge in [-0.2, -0.15) is 0 Å². The molecule has 2 N–H and O–H groups in total. The third kappa shape index (κ3) is 7.93. The predicted molar refractivity (Wildman–Crippen MR) is 156 cm³/mol. The molecule has 0 spiro atoms. The number of nitrogens with one attached hydrogen (secondary N) is 2. The number of rotatable bonds is 10. The minimum Gasteiger partial charge on any atom is -0.497 e. The molecule has 0 aliphatic carbocycles. The molecule has 0 saturated carbocycles. The number of methoxy groups -OCH3 is 1. The number of anilines is 1. The molecule has 0 heterocycles. The van der Waals surface area contributed by atoms with Crippen LogP contribution in [0.4, 0.5) is 5.69 Å². The topological polar surface area (TPSA) is 84.5 Å². The summed E-state index contributed by atoms with van der Waals surface area (Å²) in [7, 11) is 1.57. The molecule has 0 atom stereocenters. The van der Waals surface area contributed by atoms with E-state index in [1.165, 1.54) is 11.8 Å². The van der Waals surface area contributed by atoms with Crippen molar-refractivity contribution >= 4 is 41.1 Å². The van der Waals surface area contributed by atoms with E-state index in [1.807, 2.05) is 49.4 Å². The summed E-state index contributed by atoms with van der Waals surface area (Å²) in [4.78, 5) is 39.4. The van der Waals surface area contributed by atoms with Crippen molar-refractivity contribution < 1.29 is 19.1 Å². The van der Waals surface area contributed by atoms with E-state index >= 15 is 0 Å². The van der Waals surface area contributed by atoms with Crippen LogP contribution in [0.2, 0.25) is 0 Å². The van der Waals surface area contributed by atoms with Crippen molar-refractivity contribution in [1.29, 1.82) is 0 Å². The maximum Gasteiger partial charge on any atom is 0.272 e. The standard InChI is InChI=1S/C32H28N2O4S/c1-22-11-13-23(14-12-22)19-29(34-31(36)24-7-4-3-5-8-24)32(37)33-26-15-17-28(18-16-26)39-21-30(35)25-9-6-10-27(20-25)38-2/h3-20H,21H2,1-2H3,(H,33,37)(H,34,36)/b29-19-. The van der Waals surface area contributed by atoms with Gasteiger partial charge in [0.05, 0.1) is 12.9 Å². The Morgan fingerprint density at radius 2 is 1.51 bits per heavy atom. The zero-order chi connectivity index (χ0) is 27.6. The van der Waals surface area contributed by atoms with Gasteiger partial charge in [-0.25, -0.2) is 0 Å². The molecule has 2 amide bonds. The summed E-state index contributed by atoms with van der Waals surface area (Å²) < 4.78 is 5.19. The van der Waals surface area contributed by atoms with Crippen LogP contribution in [0.15, 0.2) is 114 Å². The van der Waals surface area contributed by atoms with Crippen LogP contribution in [0.1, 0.15) is 31.8 Å². The molecule has 0 aliphatic rings. The largest absolute Gasteiger partial charge is 0.497 e. The molecule has 4 rings (SSSR count). The molecule has 0 fully saturated rings. The lowest BCUT2D eigenvalue weighted by Gasteiger charge is -2.12. The van der Waals surface area contributed by atoms with E-state index < -0.39 is 5.91 Å². The van der Waals surface area contributed by atoms with Gasteiger partial charge in [0.1, 0.15) is 11.4 Å². The highest BCUT2D eigenvalue weighted by molar-refractivity contribution is 8.00. The third-order valence-electron chi connectivity index (χ3n) is 5.79. The molecular formula is C32H28N2O4S. The lowest BCUT2D eigenvalue weighted by atomic mass is 10.1. The number of Topliss-reactive ketones (excluding diaryl/α,β-unsaturated/α-hetero) is 1. The number of carbonyl (C=O) groups is 3. The van der Waals surface area contributed by atoms with Gasteiger partial charge in [0.15, 0.2) is 5.78 Å². The Labute approximate surface area is 232 Å². The van der Waals surface area contributed by atoms with Crippen LogP contribution >= 0.6 is 11.8 Å². The van der Waals surface area contributed by atoms with Crippen LogP contribution in [-0.4, -0.2) is 30.5 Å². The zero-order valence-electron chi connectivity index (χ0n) is 21.6. The second kappa shape index (κ2) is 13.3. The highest BCUT2D eigenvalue weighted by Gasteiger charge is 2.15. The van der Waals surface area contributed by atoms with Gasteiger partial charge in [-0.1, -0.05) is 60.2 Å². The molecule has 0 radical (unpaired) electrons. The minimum atomic E-state index is -0.450. The summed E-state index contributed by atoms with van der Waals surface area (Å²) in [5.41, 5.74) is 3.60. The number of hydrogen-bond acceptors (Lipinski definition) is 5. The molecular weight excluding hydrogens is 508 g/mol. The number of aryl methyl sites for hydroxylation is 1. The summed E-state index contributed by atoms with van der Waals surface area (Å²) in [6, 6.07) is 30.7. The van der Waals surface area contributed by atoms with Crippen LogP contribution in [0.3, 0.4) is 0 Å². The van der Waals surface area contributed by atoms with Gasteiger partial charge >= 0.3 is 0 Å². The van der Waals surface area contributed by atoms with Crippen molar-refractivity contribution in [2.24, 2.45) is 0 Å². The maximum absolute atomic E-state index is 13.2. The van der Waals surface area contributed by atoms with Crippen molar-refractivity contribution in [3.63, 3.8) is 0 Å². The predicted octanol–water partition coefficient (Wildman–Crippen LogP) is 6.39. The van der Waals surface area contributed by atoms with E-state index in [1.54, 1.807) is 73.8 Å². The molecule has 39 heavy (non-hydrogen) atoms. The molecule has 6 nitrogen and oxygen atoms in total. The van der Waals surface area contributed by atoms with E-state index in [2.05, 4.69) is 10.6 Å². The number of thioether (sulfide) groups is 1. The molecule has 7 heteroatoms. The van der Waals surface area contributed by atoms with E-state index in [0.717, 1.165) is 16.0 Å². The molecule has 0 aromatic heterocycles. The van der Waals surface area contributed by atoms with Crippen molar-refractivity contribution in [3.05, 3.63) is 131 Å². The van der Waals surface area contributed by atoms with Crippen molar-refractivity contribution in [2.75, 3.05) is 18.2 Å². The Morgan fingerprint density at radius 1 is 0.821 bits per heavy atom. The first-order valence-corrected chi connectivity index (χ1v) is 13.3. The summed E-state index contributed by atoms with van der Waals surface area (Å²) in [5.74, 6) is 0.0800. The Hall–Kier alpha value is -4.62. The summed E-state index contributed by atoms with van der Waals surface area (Å²) in [6.45, 7) is 1.98. The van der Waals surface area contributed by atoms with Gasteiger partial charge < -0.3 is 15.4 Å². The zero-order valence-corrected chi connectivity index (χ0v) is 22.5. The van der Waals surface area contributed by atoms with E-state index in [9.17, 15) is 14.4 Å². The summed E-state index contributed by atoms with van der Waals surface area (Å²) in [6.07, 6.45) is 1.64. The van der Waals surface area contributed by atoms with Crippen LogP contribution < -0.4 is 15.4 Å². The number of hydrogen-bond donors (Lipinski definition) is 2. The lowest BCUT2D eigenvalue weighted by Crippen LogP contribution is -2.30. The molecule has 0 bridgehead atoms. The van der Waals surface area contributed by atoms with Crippen molar-refractivity contribution in [3.8, 4) is 5.75 Å². The lowest BCUT2D eigenvalue weighted by molar-refractivity contribution is -0.113. The number of ether oxygens (including phenoxy) is 1. The van der Waals surface area contributed by atoms with Gasteiger partial charge in [0.2, 0.25) is 0 Å². The van der Waals surface area contributed by atoms with Crippen molar-refractivity contribution in [2.45, 2.75) is 11.8 Å². The van der Waals surface area contributed by atoms with Crippen LogP contribution in [0.25, 0.3) is 6.08 Å². The Balaban J connectivity index is 1.43. The Morgan fingerprint density at radius 3 is 2.21 bits per heavy atom. The molecule has 0 aliphatic heterocycles. The molecule has 196 valence electrons. The average Bonchev–Trinajstić information content (AvgIpc) is 2.97. The fraction of sp³-hybridized carbons (Fsp3) is 0.0938. The highest BCUT2D eigenvalue weighted by Crippen LogP contribution is 2.23. The van der Waals surface area contributed by atoms with Gasteiger partial charge in [-0.3, -0.25) is 14.4 Å². The molecule has 4 aromatic carbocycles. The molecule has 0 unspecified atom stereocenters. The van der Waals surface area contributed by atoms with E-state index in [-0.39, 0.29) is 23.1 Å². The summed E-state index contributed by atoms with van der Waals surface area (Å²) >= 11 is 1.41. The minimum absolute atomic E-state index is 0.00341. The molecule has 4 aromatic rings. The second-order valence-electron chi connectivity index (χ2n) is 8.71. The summed E-state index contributed by atoms with van der Waals surface area (Å²) in [5, 5.41) is 5.59. The first-order valence-electron chi connectivity index (χ1n) is 12.3. The molecule has 0 saturated heterocycles. The van der Waals surface area contributed by atoms with Crippen LogP contribution in [0.5, 0.6) is 5.75 Å². The van der Waals surface area contributed by atoms with E-state index in [4.69, 9.17) is 4.74 Å². The van der Waals surface area contributed by atoms with Gasteiger partial charge in [0, 0.05) is 21.7 Å². The fourth-order valence-electron chi connectivity index (χ4n) is 3.63. The smallest absolute Gasteiger partial charge is 0.272 e. The number of carbonyl (C=O) groups excluding carboxylic acids is 3. The van der Waals surface area contributed by atoms with Gasteiger partial charge in [-0.15, -0.1) is 11.8 Å². The SMILES string of the molecule is COc1cccc(C(=O)CSc2ccc(NC(=O)/C(=C/c3ccc(C)cc3)NC(=O)c3ccccc3)cc2)c1. The first kappa shape index (κ1) is 27.4. The van der Waals surface area contributed by atoms with Crippen molar-refractivity contribution in [1.82, 2.24) is 5.32 Å². The monoisotopic (exact) mass is 536 g/mol. The fourth-order valence-corrected chi connectivity index (χ4v) is 4.43. The van der Waals surface area contributed by atoms with E-state index in [0.29, 0.717) is 22.6 Å². The quantitative estimate of drug-likeness (QED) is 0.139. The average molecular weight is 537 g/mol. The highest BCUT2D eigenvalue weighted by atomic mass is 32.2. The third-order valence-corrected chi connectivity index (χ3v) is 6.80.